The van der Waals surface area contributed by atoms with Crippen LogP contribution in [0.5, 0.6) is 0 Å². The molecule has 0 unspecified atom stereocenters. The van der Waals surface area contributed by atoms with Gasteiger partial charge < -0.3 is 16.2 Å². The summed E-state index contributed by atoms with van der Waals surface area (Å²) in [4.78, 5) is 9.01. The lowest BCUT2D eigenvalue weighted by atomic mass is 10.2. The molecule has 6 heteroatoms. The molecule has 0 saturated carbocycles. The maximum Gasteiger partial charge on any atom is 0.138 e. The molecular formula is C15H17ClN4O. The van der Waals surface area contributed by atoms with Gasteiger partial charge in [0.05, 0.1) is 22.4 Å². The number of aromatic nitrogens is 2. The molecule has 1 aromatic carbocycles. The maximum absolute atomic E-state index is 5.59. The summed E-state index contributed by atoms with van der Waals surface area (Å²) in [5, 5.41) is 0.113. The third-order valence-corrected chi connectivity index (χ3v) is 3.10. The highest BCUT2D eigenvalue weighted by Gasteiger charge is 2.04. The molecule has 0 amide bonds. The molecule has 0 spiro atoms. The van der Waals surface area contributed by atoms with Gasteiger partial charge in [-0.3, -0.25) is 0 Å². The lowest BCUT2D eigenvalue weighted by Gasteiger charge is -2.08. The molecule has 0 aliphatic heterocycles. The summed E-state index contributed by atoms with van der Waals surface area (Å²) < 4.78 is 5.54. The second-order valence-electron chi connectivity index (χ2n) is 4.60. The van der Waals surface area contributed by atoms with Gasteiger partial charge in [-0.25, -0.2) is 9.97 Å². The smallest absolute Gasteiger partial charge is 0.138 e. The van der Waals surface area contributed by atoms with Gasteiger partial charge in [-0.15, -0.1) is 0 Å². The number of ether oxygens (including phenoxy) is 1. The summed E-state index contributed by atoms with van der Waals surface area (Å²) >= 11 is 5.59. The Bertz CT molecular complexity index is 721. The van der Waals surface area contributed by atoms with Crippen molar-refractivity contribution in [2.75, 3.05) is 0 Å². The molecule has 5 nitrogen and oxygen atoms in total. The van der Waals surface area contributed by atoms with E-state index in [1.165, 1.54) is 12.3 Å². The summed E-state index contributed by atoms with van der Waals surface area (Å²) in [7, 11) is 0. The van der Waals surface area contributed by atoms with Crippen molar-refractivity contribution in [1.29, 1.82) is 0 Å². The average molecular weight is 305 g/mol. The van der Waals surface area contributed by atoms with Gasteiger partial charge in [0.2, 0.25) is 0 Å². The Morgan fingerprint density at radius 2 is 1.90 bits per heavy atom. The number of hydrogen-bond donors (Lipinski definition) is 2. The molecule has 1 heterocycles. The van der Waals surface area contributed by atoms with Crippen LogP contribution in [-0.4, -0.2) is 9.97 Å². The third-order valence-electron chi connectivity index (χ3n) is 2.99. The predicted octanol–water partition coefficient (Wildman–Crippen LogP) is 2.60. The molecule has 21 heavy (non-hydrogen) atoms. The van der Waals surface area contributed by atoms with Crippen LogP contribution >= 0.6 is 11.6 Å². The Hall–Kier alpha value is -2.27. The zero-order chi connectivity index (χ0) is 15.4. The van der Waals surface area contributed by atoms with E-state index in [0.29, 0.717) is 12.4 Å². The van der Waals surface area contributed by atoms with Crippen molar-refractivity contribution in [3.63, 3.8) is 0 Å². The van der Waals surface area contributed by atoms with Crippen LogP contribution in [0.15, 0.2) is 41.4 Å². The first-order chi connectivity index (χ1) is 9.99. The zero-order valence-electron chi connectivity index (χ0n) is 11.9. The van der Waals surface area contributed by atoms with Gasteiger partial charge in [0.15, 0.2) is 0 Å². The molecule has 0 radical (unpaired) electrons. The number of hydrogen-bond acceptors (Lipinski definition) is 5. The normalized spacial score (nSPS) is 12.7. The van der Waals surface area contributed by atoms with Gasteiger partial charge in [-0.1, -0.05) is 17.7 Å². The summed E-state index contributed by atoms with van der Waals surface area (Å²) in [6.07, 6.45) is 2.76. The van der Waals surface area contributed by atoms with E-state index < -0.39 is 0 Å². The topological polar surface area (TPSA) is 87.0 Å². The summed E-state index contributed by atoms with van der Waals surface area (Å²) in [5.74, 6) is 0.411. The Morgan fingerprint density at radius 3 is 2.52 bits per heavy atom. The minimum absolute atomic E-state index is 0.113. The van der Waals surface area contributed by atoms with E-state index in [9.17, 15) is 0 Å². The number of rotatable bonds is 4. The van der Waals surface area contributed by atoms with Crippen molar-refractivity contribution in [1.82, 2.24) is 9.97 Å². The molecule has 0 atom stereocenters. The van der Waals surface area contributed by atoms with Gasteiger partial charge in [-0.05, 0) is 31.5 Å². The Morgan fingerprint density at radius 1 is 1.24 bits per heavy atom. The van der Waals surface area contributed by atoms with Crippen molar-refractivity contribution in [2.24, 2.45) is 11.5 Å². The summed E-state index contributed by atoms with van der Waals surface area (Å²) in [5.41, 5.74) is 15.3. The van der Waals surface area contributed by atoms with Crippen LogP contribution in [0.4, 0.5) is 0 Å². The van der Waals surface area contributed by atoms with Gasteiger partial charge in [0, 0.05) is 12.3 Å². The van der Waals surface area contributed by atoms with Crippen LogP contribution in [-0.2, 0) is 11.3 Å². The second-order valence-corrected chi connectivity index (χ2v) is 5.04. The summed E-state index contributed by atoms with van der Waals surface area (Å²) in [6, 6.07) is 5.80. The van der Waals surface area contributed by atoms with Crippen molar-refractivity contribution >= 4 is 22.6 Å². The third kappa shape index (κ3) is 3.86. The molecule has 0 bridgehead atoms. The number of aryl methyl sites for hydroxylation is 2. The van der Waals surface area contributed by atoms with Crippen LogP contribution in [0.3, 0.4) is 0 Å². The van der Waals surface area contributed by atoms with Crippen LogP contribution in [0.1, 0.15) is 17.0 Å². The molecular weight excluding hydrogens is 288 g/mol. The molecule has 0 fully saturated rings. The van der Waals surface area contributed by atoms with E-state index in [-0.39, 0.29) is 5.16 Å². The van der Waals surface area contributed by atoms with Crippen LogP contribution < -0.4 is 11.5 Å². The minimum atomic E-state index is 0.113. The van der Waals surface area contributed by atoms with E-state index in [0.717, 1.165) is 28.0 Å². The largest absolute Gasteiger partial charge is 0.487 e. The van der Waals surface area contributed by atoms with Crippen molar-refractivity contribution < 1.29 is 4.74 Å². The Kier molecular flexibility index (Phi) is 4.65. The van der Waals surface area contributed by atoms with Crippen LogP contribution in [0.2, 0.25) is 0 Å². The van der Waals surface area contributed by atoms with Crippen molar-refractivity contribution in [2.45, 2.75) is 20.5 Å². The standard InChI is InChI=1S/C15H17ClN4O/c1-9-10(2)20-14-5-11(3-4-13(14)19-9)8-21-12(7-17)6-15(16)18/h3-7H,8,17-18H2,1-2H3/b12-7+,15-6-. The van der Waals surface area contributed by atoms with E-state index in [4.69, 9.17) is 27.8 Å². The first-order valence-corrected chi connectivity index (χ1v) is 6.78. The van der Waals surface area contributed by atoms with Gasteiger partial charge in [0.25, 0.3) is 0 Å². The number of halogens is 1. The zero-order valence-corrected chi connectivity index (χ0v) is 12.7. The molecule has 2 rings (SSSR count). The van der Waals surface area contributed by atoms with Crippen LogP contribution in [0, 0.1) is 13.8 Å². The number of nitrogens with zero attached hydrogens (tertiary/aromatic N) is 2. The quantitative estimate of drug-likeness (QED) is 0.515. The molecule has 0 aliphatic rings. The predicted molar refractivity (Wildman–Crippen MR) is 84.2 cm³/mol. The number of fused-ring (bicyclic) bond motifs is 1. The SMILES string of the molecule is Cc1nc2ccc(COC(/C=C(\N)Cl)=C/N)cc2nc1C. The van der Waals surface area contributed by atoms with E-state index >= 15 is 0 Å². The Balaban J connectivity index is 2.20. The molecule has 1 aromatic heterocycles. The van der Waals surface area contributed by atoms with E-state index in [1.807, 2.05) is 32.0 Å². The minimum Gasteiger partial charge on any atom is -0.487 e. The lowest BCUT2D eigenvalue weighted by Crippen LogP contribution is -1.99. The fraction of sp³-hybridized carbons (Fsp3) is 0.200. The molecule has 2 aromatic rings. The fourth-order valence-electron chi connectivity index (χ4n) is 1.81. The van der Waals surface area contributed by atoms with Gasteiger partial charge >= 0.3 is 0 Å². The monoisotopic (exact) mass is 304 g/mol. The molecule has 4 N–H and O–H groups in total. The second kappa shape index (κ2) is 6.45. The van der Waals surface area contributed by atoms with Crippen molar-refractivity contribution in [3.8, 4) is 0 Å². The average Bonchev–Trinajstić information content (AvgIpc) is 2.44. The molecule has 0 saturated heterocycles. The van der Waals surface area contributed by atoms with Crippen molar-refractivity contribution in [3.05, 3.63) is 58.3 Å². The first-order valence-electron chi connectivity index (χ1n) is 6.41. The highest BCUT2D eigenvalue weighted by atomic mass is 35.5. The number of allylic oxidation sites excluding steroid dienone is 1. The van der Waals surface area contributed by atoms with Gasteiger partial charge in [0.1, 0.15) is 17.5 Å². The number of nitrogens with two attached hydrogens (primary N) is 2. The fourth-order valence-corrected chi connectivity index (χ4v) is 1.91. The Labute approximate surface area is 128 Å². The van der Waals surface area contributed by atoms with Crippen LogP contribution in [0.25, 0.3) is 11.0 Å². The number of benzene rings is 1. The van der Waals surface area contributed by atoms with E-state index in [1.54, 1.807) is 0 Å². The maximum atomic E-state index is 5.59. The highest BCUT2D eigenvalue weighted by Crippen LogP contribution is 2.16. The highest BCUT2D eigenvalue weighted by molar-refractivity contribution is 6.29. The summed E-state index contributed by atoms with van der Waals surface area (Å²) in [6.45, 7) is 4.22. The van der Waals surface area contributed by atoms with Gasteiger partial charge in [-0.2, -0.15) is 0 Å². The van der Waals surface area contributed by atoms with E-state index in [2.05, 4.69) is 9.97 Å². The lowest BCUT2D eigenvalue weighted by molar-refractivity contribution is 0.210. The molecule has 0 aliphatic carbocycles. The first kappa shape index (κ1) is 15.1. The molecule has 110 valence electrons.